The van der Waals surface area contributed by atoms with Crippen molar-refractivity contribution >= 4 is 11.3 Å². The van der Waals surface area contributed by atoms with Crippen molar-refractivity contribution in [2.24, 2.45) is 5.73 Å². The lowest BCUT2D eigenvalue weighted by Crippen LogP contribution is -2.31. The maximum absolute atomic E-state index is 5.98. The molecule has 0 spiro atoms. The minimum absolute atomic E-state index is 0.353. The topological polar surface area (TPSA) is 29.3 Å². The standard InChI is InChI=1S/C17H24N2S/c1-14-10-12-20-17(14)16(13-18)19(2)11-6-9-15-7-4-3-5-8-15/h3-5,7-8,10,12,16H,6,9,11,13,18H2,1-2H3. The van der Waals surface area contributed by atoms with Crippen molar-refractivity contribution in [2.75, 3.05) is 20.1 Å². The summed E-state index contributed by atoms with van der Waals surface area (Å²) in [7, 11) is 2.18. The Labute approximate surface area is 126 Å². The highest BCUT2D eigenvalue weighted by Gasteiger charge is 2.18. The second-order valence-corrected chi connectivity index (χ2v) is 6.24. The number of aryl methyl sites for hydroxylation is 2. The Morgan fingerprint density at radius 3 is 2.55 bits per heavy atom. The first kappa shape index (κ1) is 15.2. The molecule has 2 nitrogen and oxygen atoms in total. The summed E-state index contributed by atoms with van der Waals surface area (Å²) >= 11 is 1.82. The predicted octanol–water partition coefficient (Wildman–Crippen LogP) is 3.62. The normalized spacial score (nSPS) is 12.8. The highest BCUT2D eigenvalue weighted by Crippen LogP contribution is 2.27. The molecule has 0 radical (unpaired) electrons. The fourth-order valence-electron chi connectivity index (χ4n) is 2.55. The van der Waals surface area contributed by atoms with Gasteiger partial charge in [-0.25, -0.2) is 0 Å². The van der Waals surface area contributed by atoms with Crippen molar-refractivity contribution < 1.29 is 0 Å². The fraction of sp³-hybridized carbons (Fsp3) is 0.412. The summed E-state index contributed by atoms with van der Waals surface area (Å²) in [6, 6.07) is 13.2. The van der Waals surface area contributed by atoms with Gasteiger partial charge in [0, 0.05) is 11.4 Å². The van der Waals surface area contributed by atoms with Gasteiger partial charge >= 0.3 is 0 Å². The minimum Gasteiger partial charge on any atom is -0.329 e. The van der Waals surface area contributed by atoms with E-state index in [0.29, 0.717) is 12.6 Å². The Kier molecular flexibility index (Phi) is 5.77. The van der Waals surface area contributed by atoms with E-state index in [0.717, 1.165) is 13.0 Å². The molecule has 108 valence electrons. The first-order valence-corrected chi connectivity index (χ1v) is 8.08. The summed E-state index contributed by atoms with van der Waals surface area (Å²) in [4.78, 5) is 3.80. The molecule has 0 saturated heterocycles. The monoisotopic (exact) mass is 288 g/mol. The summed E-state index contributed by atoms with van der Waals surface area (Å²) in [6.45, 7) is 3.93. The first-order chi connectivity index (χ1) is 9.72. The molecular formula is C17H24N2S. The van der Waals surface area contributed by atoms with E-state index in [1.807, 2.05) is 11.3 Å². The number of likely N-dealkylation sites (N-methyl/N-ethyl adjacent to an activating group) is 1. The first-order valence-electron chi connectivity index (χ1n) is 7.20. The molecule has 0 fully saturated rings. The van der Waals surface area contributed by atoms with E-state index >= 15 is 0 Å². The van der Waals surface area contributed by atoms with Gasteiger partial charge in [-0.1, -0.05) is 30.3 Å². The Balaban J connectivity index is 1.87. The lowest BCUT2D eigenvalue weighted by molar-refractivity contribution is 0.250. The predicted molar refractivity (Wildman–Crippen MR) is 88.2 cm³/mol. The number of thiophene rings is 1. The average Bonchev–Trinajstić information content (AvgIpc) is 2.87. The van der Waals surface area contributed by atoms with Gasteiger partial charge in [-0.3, -0.25) is 4.90 Å². The molecule has 0 aliphatic heterocycles. The summed E-state index contributed by atoms with van der Waals surface area (Å²) in [5.74, 6) is 0. The molecule has 0 bridgehead atoms. The van der Waals surface area contributed by atoms with Gasteiger partial charge in [0.05, 0.1) is 6.04 Å². The molecule has 0 aliphatic carbocycles. The molecule has 3 heteroatoms. The summed E-state index contributed by atoms with van der Waals surface area (Å²) in [5, 5.41) is 2.16. The molecule has 1 aromatic carbocycles. The van der Waals surface area contributed by atoms with Crippen molar-refractivity contribution in [2.45, 2.75) is 25.8 Å². The fourth-order valence-corrected chi connectivity index (χ4v) is 3.65. The number of nitrogens with zero attached hydrogens (tertiary/aromatic N) is 1. The van der Waals surface area contributed by atoms with E-state index in [4.69, 9.17) is 5.73 Å². The molecule has 20 heavy (non-hydrogen) atoms. The van der Waals surface area contributed by atoms with E-state index in [9.17, 15) is 0 Å². The van der Waals surface area contributed by atoms with Crippen molar-refractivity contribution in [1.29, 1.82) is 0 Å². The van der Waals surface area contributed by atoms with Gasteiger partial charge in [0.1, 0.15) is 0 Å². The van der Waals surface area contributed by atoms with E-state index in [1.165, 1.54) is 22.4 Å². The molecule has 0 aliphatic rings. The lowest BCUT2D eigenvalue weighted by Gasteiger charge is -2.26. The highest BCUT2D eigenvalue weighted by atomic mass is 32.1. The van der Waals surface area contributed by atoms with Gasteiger partial charge in [-0.15, -0.1) is 11.3 Å². The van der Waals surface area contributed by atoms with Crippen molar-refractivity contribution in [3.63, 3.8) is 0 Å². The zero-order valence-electron chi connectivity index (χ0n) is 12.4. The minimum atomic E-state index is 0.353. The maximum Gasteiger partial charge on any atom is 0.0564 e. The van der Waals surface area contributed by atoms with Crippen LogP contribution in [0.25, 0.3) is 0 Å². The molecule has 1 aromatic heterocycles. The average molecular weight is 288 g/mol. The quantitative estimate of drug-likeness (QED) is 0.843. The van der Waals surface area contributed by atoms with Crippen LogP contribution >= 0.6 is 11.3 Å². The van der Waals surface area contributed by atoms with Crippen LogP contribution in [0, 0.1) is 6.92 Å². The van der Waals surface area contributed by atoms with Crippen LogP contribution in [-0.2, 0) is 6.42 Å². The van der Waals surface area contributed by atoms with Crippen LogP contribution in [0.15, 0.2) is 41.8 Å². The Bertz CT molecular complexity index is 507. The van der Waals surface area contributed by atoms with Gasteiger partial charge in [0.2, 0.25) is 0 Å². The molecule has 0 amide bonds. The van der Waals surface area contributed by atoms with Crippen molar-refractivity contribution in [1.82, 2.24) is 4.90 Å². The van der Waals surface area contributed by atoms with E-state index in [1.54, 1.807) is 0 Å². The Hall–Kier alpha value is -1.16. The Morgan fingerprint density at radius 1 is 1.20 bits per heavy atom. The Morgan fingerprint density at radius 2 is 1.95 bits per heavy atom. The third-order valence-electron chi connectivity index (χ3n) is 3.78. The number of benzene rings is 1. The number of nitrogens with two attached hydrogens (primary N) is 1. The van der Waals surface area contributed by atoms with Crippen LogP contribution in [0.5, 0.6) is 0 Å². The third kappa shape index (κ3) is 3.92. The molecule has 2 rings (SSSR count). The molecule has 1 unspecified atom stereocenters. The van der Waals surface area contributed by atoms with E-state index < -0.39 is 0 Å². The molecule has 2 N–H and O–H groups in total. The van der Waals surface area contributed by atoms with Crippen LogP contribution in [0.4, 0.5) is 0 Å². The van der Waals surface area contributed by atoms with Gasteiger partial charge in [-0.2, -0.15) is 0 Å². The van der Waals surface area contributed by atoms with Gasteiger partial charge in [0.25, 0.3) is 0 Å². The second kappa shape index (κ2) is 7.58. The van der Waals surface area contributed by atoms with Gasteiger partial charge in [0.15, 0.2) is 0 Å². The van der Waals surface area contributed by atoms with Crippen molar-refractivity contribution in [3.05, 3.63) is 57.8 Å². The van der Waals surface area contributed by atoms with Crippen molar-refractivity contribution in [3.8, 4) is 0 Å². The molecular weight excluding hydrogens is 264 g/mol. The summed E-state index contributed by atoms with van der Waals surface area (Å²) in [6.07, 6.45) is 2.30. The number of hydrogen-bond acceptors (Lipinski definition) is 3. The SMILES string of the molecule is Cc1ccsc1C(CN)N(C)CCCc1ccccc1. The summed E-state index contributed by atoms with van der Waals surface area (Å²) < 4.78 is 0. The zero-order valence-corrected chi connectivity index (χ0v) is 13.2. The van der Waals surface area contributed by atoms with E-state index in [-0.39, 0.29) is 0 Å². The third-order valence-corrected chi connectivity index (χ3v) is 4.90. The molecule has 1 atom stereocenters. The molecule has 2 aromatic rings. The van der Waals surface area contributed by atoms with E-state index in [2.05, 4.69) is 60.6 Å². The number of hydrogen-bond donors (Lipinski definition) is 1. The van der Waals surface area contributed by atoms with Crippen LogP contribution in [0.1, 0.15) is 28.5 Å². The molecule has 0 saturated carbocycles. The van der Waals surface area contributed by atoms with Gasteiger partial charge < -0.3 is 5.73 Å². The smallest absolute Gasteiger partial charge is 0.0564 e. The van der Waals surface area contributed by atoms with Gasteiger partial charge in [-0.05, 0) is 55.9 Å². The molecule has 1 heterocycles. The van der Waals surface area contributed by atoms with Crippen LogP contribution in [-0.4, -0.2) is 25.0 Å². The van der Waals surface area contributed by atoms with Crippen LogP contribution in [0.2, 0.25) is 0 Å². The second-order valence-electron chi connectivity index (χ2n) is 5.29. The van der Waals surface area contributed by atoms with Crippen LogP contribution < -0.4 is 5.73 Å². The lowest BCUT2D eigenvalue weighted by atomic mass is 10.1. The highest BCUT2D eigenvalue weighted by molar-refractivity contribution is 7.10. The largest absolute Gasteiger partial charge is 0.329 e. The summed E-state index contributed by atoms with van der Waals surface area (Å²) in [5.41, 5.74) is 8.76. The number of rotatable bonds is 7. The van der Waals surface area contributed by atoms with Crippen LogP contribution in [0.3, 0.4) is 0 Å². The maximum atomic E-state index is 5.98. The zero-order chi connectivity index (χ0) is 14.4.